The molecule has 0 saturated carbocycles. The van der Waals surface area contributed by atoms with Crippen LogP contribution in [-0.4, -0.2) is 39.7 Å². The number of hydrogen-bond donors (Lipinski definition) is 1. The maximum atomic E-state index is 12.3. The third-order valence-corrected chi connectivity index (χ3v) is 6.55. The number of sulfonamides is 1. The highest BCUT2D eigenvalue weighted by molar-refractivity contribution is 7.95. The Balaban J connectivity index is 1.57. The zero-order valence-electron chi connectivity index (χ0n) is 12.4. The van der Waals surface area contributed by atoms with Crippen molar-refractivity contribution in [2.24, 2.45) is 0 Å². The summed E-state index contributed by atoms with van der Waals surface area (Å²) in [5.74, 6) is 0.204. The standard InChI is InChI=1S/C15H17N3O3S2/c19-23(20)13-4-1-6-16-14(13)21-15(10-17-23)5-7-18(11-15)9-12-3-2-8-22-12/h1-4,6,8H,5,7,9-11H2,(H-,17,19,20). The molecule has 6 nitrogen and oxygen atoms in total. The molecule has 2 aliphatic rings. The fourth-order valence-corrected chi connectivity index (χ4v) is 5.05. The maximum absolute atomic E-state index is 12.3. The van der Waals surface area contributed by atoms with Gasteiger partial charge in [0.15, 0.2) is 10.4 Å². The number of fused-ring (bicyclic) bond motifs is 1. The summed E-state index contributed by atoms with van der Waals surface area (Å²) in [4.78, 5) is 7.86. The van der Waals surface area contributed by atoms with Crippen molar-refractivity contribution >= 4 is 21.7 Å². The van der Waals surface area contributed by atoms with Gasteiger partial charge in [-0.25, -0.2) is 4.98 Å². The minimum atomic E-state index is -3.56. The number of rotatable bonds is 2. The molecule has 1 spiro atoms. The second kappa shape index (κ2) is 5.64. The second-order valence-corrected chi connectivity index (χ2v) is 8.72. The maximum Gasteiger partial charge on any atom is 0.272 e. The quantitative estimate of drug-likeness (QED) is 0.833. The van der Waals surface area contributed by atoms with E-state index >= 15 is 0 Å². The Hall–Kier alpha value is -1.32. The number of nitrogens with zero attached hydrogens (tertiary/aromatic N) is 2. The van der Waals surface area contributed by atoms with Crippen molar-refractivity contribution < 1.29 is 13.5 Å². The van der Waals surface area contributed by atoms with Gasteiger partial charge in [0, 0.05) is 43.2 Å². The van der Waals surface area contributed by atoms with E-state index < -0.39 is 16.0 Å². The topological polar surface area (TPSA) is 77.5 Å². The molecule has 2 aromatic heterocycles. The first-order valence-corrected chi connectivity index (χ1v) is 9.81. The Labute approximate surface area is 139 Å². The Kier molecular flexibility index (Phi) is 3.73. The molecule has 2 aliphatic heterocycles. The van der Waals surface area contributed by atoms with Crippen molar-refractivity contribution in [3.63, 3.8) is 0 Å². The molecule has 2 unspecified atom stereocenters. The van der Waals surface area contributed by atoms with Crippen LogP contribution in [0, 0.1) is 0 Å². The first-order chi connectivity index (χ1) is 11.1. The molecular formula is C15H17N3O3S2. The van der Waals surface area contributed by atoms with Gasteiger partial charge in [-0.15, -0.1) is 16.1 Å². The van der Waals surface area contributed by atoms with Crippen LogP contribution in [0.5, 0.6) is 5.88 Å². The summed E-state index contributed by atoms with van der Waals surface area (Å²) in [5.41, 5.74) is -0.552. The average molecular weight is 351 g/mol. The van der Waals surface area contributed by atoms with Gasteiger partial charge in [-0.2, -0.15) is 0 Å². The van der Waals surface area contributed by atoms with Crippen LogP contribution in [0.2, 0.25) is 0 Å². The molecule has 4 rings (SSSR count). The number of thiophene rings is 1. The number of hydrogen-bond acceptors (Lipinski definition) is 6. The summed E-state index contributed by atoms with van der Waals surface area (Å²) in [6.07, 6.45) is 2.34. The van der Waals surface area contributed by atoms with Crippen LogP contribution in [-0.2, 0) is 21.2 Å². The van der Waals surface area contributed by atoms with Gasteiger partial charge in [0.1, 0.15) is 5.60 Å². The highest BCUT2D eigenvalue weighted by Crippen LogP contribution is 2.35. The predicted molar refractivity (Wildman–Crippen MR) is 86.9 cm³/mol. The van der Waals surface area contributed by atoms with Crippen molar-refractivity contribution in [1.29, 1.82) is 0 Å². The zero-order valence-corrected chi connectivity index (χ0v) is 14.1. The highest BCUT2D eigenvalue weighted by atomic mass is 32.3. The molecule has 2 atom stereocenters. The lowest BCUT2D eigenvalue weighted by atomic mass is 10.0. The van der Waals surface area contributed by atoms with Crippen LogP contribution in [0.15, 0.2) is 40.7 Å². The van der Waals surface area contributed by atoms with E-state index in [4.69, 9.17) is 4.74 Å². The van der Waals surface area contributed by atoms with Crippen LogP contribution in [0.3, 0.4) is 0 Å². The van der Waals surface area contributed by atoms with Gasteiger partial charge in [-0.3, -0.25) is 4.90 Å². The summed E-state index contributed by atoms with van der Waals surface area (Å²) in [5, 5.41) is 2.07. The largest absolute Gasteiger partial charge is 0.593 e. The molecule has 2 aromatic rings. The fourth-order valence-electron chi connectivity index (χ4n) is 3.12. The van der Waals surface area contributed by atoms with Gasteiger partial charge in [-0.05, 0) is 17.5 Å². The molecule has 1 fully saturated rings. The second-order valence-electron chi connectivity index (χ2n) is 5.96. The molecule has 0 bridgehead atoms. The fraction of sp³-hybridized carbons (Fsp3) is 0.400. The van der Waals surface area contributed by atoms with Gasteiger partial charge in [0.05, 0.1) is 6.54 Å². The molecule has 0 amide bonds. The van der Waals surface area contributed by atoms with Crippen LogP contribution < -0.4 is 9.46 Å². The lowest BCUT2D eigenvalue weighted by Gasteiger charge is -2.27. The van der Waals surface area contributed by atoms with E-state index in [1.165, 1.54) is 10.9 Å². The van der Waals surface area contributed by atoms with Crippen LogP contribution in [0.4, 0.5) is 0 Å². The Morgan fingerprint density at radius 1 is 1.48 bits per heavy atom. The molecular weight excluding hydrogens is 334 g/mol. The molecule has 0 aromatic carbocycles. The number of nitrogens with one attached hydrogen (secondary N) is 1. The van der Waals surface area contributed by atoms with Gasteiger partial charge < -0.3 is 9.29 Å². The van der Waals surface area contributed by atoms with Crippen molar-refractivity contribution in [3.8, 4) is 5.88 Å². The van der Waals surface area contributed by atoms with Crippen LogP contribution >= 0.6 is 11.3 Å². The summed E-state index contributed by atoms with van der Waals surface area (Å²) < 4.78 is 33.4. The zero-order chi connectivity index (χ0) is 15.9. The van der Waals surface area contributed by atoms with Crippen LogP contribution in [0.1, 0.15) is 11.3 Å². The number of pyridine rings is 1. The summed E-state index contributed by atoms with van der Waals surface area (Å²) in [6, 6.07) is 7.30. The van der Waals surface area contributed by atoms with Crippen molar-refractivity contribution in [3.05, 3.63) is 40.7 Å². The van der Waals surface area contributed by atoms with Crippen molar-refractivity contribution in [1.82, 2.24) is 14.6 Å². The predicted octanol–water partition coefficient (Wildman–Crippen LogP) is 1.67. The summed E-state index contributed by atoms with van der Waals surface area (Å²) in [6.45, 7) is 2.70. The molecule has 0 aliphatic carbocycles. The van der Waals surface area contributed by atoms with Crippen LogP contribution in [0.25, 0.3) is 0 Å². The minimum Gasteiger partial charge on any atom is -0.593 e. The molecule has 23 heavy (non-hydrogen) atoms. The third kappa shape index (κ3) is 2.92. The Bertz CT molecular complexity index is 752. The summed E-state index contributed by atoms with van der Waals surface area (Å²) >= 11 is 1.73. The van der Waals surface area contributed by atoms with E-state index in [-0.39, 0.29) is 17.3 Å². The lowest BCUT2D eigenvalue weighted by Crippen LogP contribution is -2.48. The monoisotopic (exact) mass is 351 g/mol. The highest BCUT2D eigenvalue weighted by Gasteiger charge is 2.46. The third-order valence-electron chi connectivity index (χ3n) is 4.28. The molecule has 8 heteroatoms. The van der Waals surface area contributed by atoms with Gasteiger partial charge in [-0.1, -0.05) is 10.3 Å². The normalized spacial score (nSPS) is 30.8. The smallest absolute Gasteiger partial charge is 0.272 e. The Morgan fingerprint density at radius 3 is 3.22 bits per heavy atom. The molecule has 1 N–H and O–H groups in total. The van der Waals surface area contributed by atoms with Crippen molar-refractivity contribution in [2.75, 3.05) is 19.6 Å². The first kappa shape index (κ1) is 15.2. The van der Waals surface area contributed by atoms with E-state index in [0.29, 0.717) is 6.54 Å². The van der Waals surface area contributed by atoms with E-state index in [1.807, 2.05) is 6.07 Å². The summed E-state index contributed by atoms with van der Waals surface area (Å²) in [7, 11) is -3.56. The van der Waals surface area contributed by atoms with Gasteiger partial charge >= 0.3 is 0 Å². The lowest BCUT2D eigenvalue weighted by molar-refractivity contribution is 0.0748. The van der Waals surface area contributed by atoms with E-state index in [1.54, 1.807) is 23.6 Å². The van der Waals surface area contributed by atoms with E-state index in [2.05, 4.69) is 26.1 Å². The minimum absolute atomic E-state index is 0.119. The van der Waals surface area contributed by atoms with Gasteiger partial charge in [0.25, 0.3) is 5.88 Å². The molecule has 122 valence electrons. The van der Waals surface area contributed by atoms with Crippen molar-refractivity contribution in [2.45, 2.75) is 23.5 Å². The Morgan fingerprint density at radius 2 is 2.39 bits per heavy atom. The first-order valence-electron chi connectivity index (χ1n) is 7.45. The average Bonchev–Trinajstić information content (AvgIpc) is 3.15. The number of aromatic nitrogens is 1. The SMILES string of the molecule is O=[S+]1([O-])NCC2(CCN(Cc3cccs3)C2)Oc2ncccc21. The van der Waals surface area contributed by atoms with E-state index in [0.717, 1.165) is 19.5 Å². The van der Waals surface area contributed by atoms with E-state index in [9.17, 15) is 8.76 Å². The van der Waals surface area contributed by atoms with Gasteiger partial charge in [0.2, 0.25) is 4.90 Å². The number of likely N-dealkylation sites (tertiary alicyclic amines) is 1. The number of ether oxygens (including phenoxy) is 1. The molecule has 0 radical (unpaired) electrons. The molecule has 1 saturated heterocycles. The molecule has 4 heterocycles.